The summed E-state index contributed by atoms with van der Waals surface area (Å²) in [5.74, 6) is -0.0525. The van der Waals surface area contributed by atoms with Gasteiger partial charge in [0.1, 0.15) is 0 Å². The van der Waals surface area contributed by atoms with E-state index < -0.39 is 0 Å². The summed E-state index contributed by atoms with van der Waals surface area (Å²) in [7, 11) is 1.62. The fraction of sp³-hybridized carbons (Fsp3) is 0.417. The van der Waals surface area contributed by atoms with Gasteiger partial charge in [-0.25, -0.2) is 0 Å². The molecule has 1 rings (SSSR count). The molecule has 0 aromatic heterocycles. The van der Waals surface area contributed by atoms with Gasteiger partial charge in [0, 0.05) is 18.7 Å². The Morgan fingerprint density at radius 1 is 1.53 bits per heavy atom. The van der Waals surface area contributed by atoms with E-state index in [1.165, 1.54) is 0 Å². The second-order valence-corrected chi connectivity index (χ2v) is 3.70. The first kappa shape index (κ1) is 11.7. The first-order valence-electron chi connectivity index (χ1n) is 5.00. The summed E-state index contributed by atoms with van der Waals surface area (Å²) in [6, 6.07) is 7.56. The van der Waals surface area contributed by atoms with Gasteiger partial charge in [0.05, 0.1) is 6.61 Å². The maximum Gasteiger partial charge on any atom is 0.251 e. The Morgan fingerprint density at radius 2 is 2.27 bits per heavy atom. The van der Waals surface area contributed by atoms with Crippen LogP contribution < -0.4 is 5.32 Å². The van der Waals surface area contributed by atoms with Gasteiger partial charge in [-0.05, 0) is 26.0 Å². The van der Waals surface area contributed by atoms with Crippen molar-refractivity contribution in [2.75, 3.05) is 13.7 Å². The molecular weight excluding hydrogens is 190 g/mol. The number of benzene rings is 1. The number of hydrogen-bond acceptors (Lipinski definition) is 2. The third-order valence-corrected chi connectivity index (χ3v) is 2.07. The molecule has 3 nitrogen and oxygen atoms in total. The van der Waals surface area contributed by atoms with Crippen LogP contribution in [0, 0.1) is 6.92 Å². The van der Waals surface area contributed by atoms with Gasteiger partial charge in [0.2, 0.25) is 0 Å². The standard InChI is InChI=1S/C12H17NO2/c1-9-5-4-6-11(7-9)12(14)13-10(2)8-15-3/h4-7,10H,8H2,1-3H3,(H,13,14). The van der Waals surface area contributed by atoms with Crippen LogP contribution in [0.3, 0.4) is 0 Å². The van der Waals surface area contributed by atoms with Crippen molar-refractivity contribution >= 4 is 5.91 Å². The number of aryl methyl sites for hydroxylation is 1. The van der Waals surface area contributed by atoms with Gasteiger partial charge in [-0.15, -0.1) is 0 Å². The summed E-state index contributed by atoms with van der Waals surface area (Å²) < 4.78 is 4.95. The maximum absolute atomic E-state index is 11.7. The number of carbonyl (C=O) groups is 1. The first-order valence-corrected chi connectivity index (χ1v) is 5.00. The lowest BCUT2D eigenvalue weighted by atomic mass is 10.1. The van der Waals surface area contributed by atoms with E-state index in [0.29, 0.717) is 12.2 Å². The normalized spacial score (nSPS) is 12.2. The number of rotatable bonds is 4. The average Bonchev–Trinajstić information content (AvgIpc) is 2.18. The van der Waals surface area contributed by atoms with Crippen LogP contribution in [0.25, 0.3) is 0 Å². The fourth-order valence-corrected chi connectivity index (χ4v) is 1.39. The van der Waals surface area contributed by atoms with Crippen LogP contribution in [0.2, 0.25) is 0 Å². The smallest absolute Gasteiger partial charge is 0.251 e. The molecule has 3 heteroatoms. The Hall–Kier alpha value is -1.35. The van der Waals surface area contributed by atoms with Crippen molar-refractivity contribution < 1.29 is 9.53 Å². The lowest BCUT2D eigenvalue weighted by Gasteiger charge is -2.12. The number of methoxy groups -OCH3 is 1. The van der Waals surface area contributed by atoms with Crippen LogP contribution in [0.4, 0.5) is 0 Å². The second kappa shape index (κ2) is 5.51. The first-order chi connectivity index (χ1) is 7.13. The number of nitrogens with one attached hydrogen (secondary N) is 1. The second-order valence-electron chi connectivity index (χ2n) is 3.70. The van der Waals surface area contributed by atoms with Gasteiger partial charge in [0.15, 0.2) is 0 Å². The zero-order valence-electron chi connectivity index (χ0n) is 9.41. The third-order valence-electron chi connectivity index (χ3n) is 2.07. The van der Waals surface area contributed by atoms with Gasteiger partial charge in [-0.2, -0.15) is 0 Å². The van der Waals surface area contributed by atoms with Gasteiger partial charge < -0.3 is 10.1 Å². The van der Waals surface area contributed by atoms with E-state index in [9.17, 15) is 4.79 Å². The Morgan fingerprint density at radius 3 is 2.87 bits per heavy atom. The minimum Gasteiger partial charge on any atom is -0.383 e. The molecule has 0 heterocycles. The zero-order valence-corrected chi connectivity index (χ0v) is 9.41. The van der Waals surface area contributed by atoms with E-state index in [0.717, 1.165) is 5.56 Å². The maximum atomic E-state index is 11.7. The monoisotopic (exact) mass is 207 g/mol. The van der Waals surface area contributed by atoms with Gasteiger partial charge >= 0.3 is 0 Å². The van der Waals surface area contributed by atoms with Gasteiger partial charge in [0.25, 0.3) is 5.91 Å². The molecule has 1 unspecified atom stereocenters. The van der Waals surface area contributed by atoms with Crippen molar-refractivity contribution in [2.24, 2.45) is 0 Å². The topological polar surface area (TPSA) is 38.3 Å². The van der Waals surface area contributed by atoms with Crippen LogP contribution in [0.5, 0.6) is 0 Å². The van der Waals surface area contributed by atoms with E-state index in [-0.39, 0.29) is 11.9 Å². The highest BCUT2D eigenvalue weighted by molar-refractivity contribution is 5.94. The molecule has 1 N–H and O–H groups in total. The largest absolute Gasteiger partial charge is 0.383 e. The molecule has 1 aromatic carbocycles. The number of hydrogen-bond donors (Lipinski definition) is 1. The predicted molar refractivity (Wildman–Crippen MR) is 60.0 cm³/mol. The molecule has 15 heavy (non-hydrogen) atoms. The Kier molecular flexibility index (Phi) is 4.31. The molecule has 0 aliphatic rings. The molecule has 0 aliphatic carbocycles. The highest BCUT2D eigenvalue weighted by Gasteiger charge is 2.08. The van der Waals surface area contributed by atoms with Crippen LogP contribution in [0.15, 0.2) is 24.3 Å². The SMILES string of the molecule is COCC(C)NC(=O)c1cccc(C)c1. The Bertz CT molecular complexity index is 336. The van der Waals surface area contributed by atoms with Crippen LogP contribution in [-0.2, 0) is 4.74 Å². The van der Waals surface area contributed by atoms with Crippen molar-refractivity contribution in [1.82, 2.24) is 5.32 Å². The van der Waals surface area contributed by atoms with Crippen molar-refractivity contribution in [2.45, 2.75) is 19.9 Å². The number of amides is 1. The van der Waals surface area contributed by atoms with Gasteiger partial charge in [-0.3, -0.25) is 4.79 Å². The molecule has 82 valence electrons. The van der Waals surface area contributed by atoms with E-state index in [1.54, 1.807) is 7.11 Å². The molecule has 0 saturated carbocycles. The van der Waals surface area contributed by atoms with E-state index >= 15 is 0 Å². The minimum atomic E-state index is -0.0525. The highest BCUT2D eigenvalue weighted by atomic mass is 16.5. The predicted octanol–water partition coefficient (Wildman–Crippen LogP) is 1.76. The van der Waals surface area contributed by atoms with Crippen molar-refractivity contribution in [3.63, 3.8) is 0 Å². The summed E-state index contributed by atoms with van der Waals surface area (Å²) in [6.45, 7) is 4.41. The summed E-state index contributed by atoms with van der Waals surface area (Å²) in [4.78, 5) is 11.7. The lowest BCUT2D eigenvalue weighted by Crippen LogP contribution is -2.35. The number of carbonyl (C=O) groups excluding carboxylic acids is 1. The molecule has 0 fully saturated rings. The van der Waals surface area contributed by atoms with E-state index in [4.69, 9.17) is 4.74 Å². The van der Waals surface area contributed by atoms with Crippen LogP contribution >= 0.6 is 0 Å². The quantitative estimate of drug-likeness (QED) is 0.817. The highest BCUT2D eigenvalue weighted by Crippen LogP contribution is 2.03. The molecular formula is C12H17NO2. The molecule has 1 amide bonds. The van der Waals surface area contributed by atoms with E-state index in [1.807, 2.05) is 38.1 Å². The summed E-state index contributed by atoms with van der Waals surface area (Å²) in [6.07, 6.45) is 0. The van der Waals surface area contributed by atoms with Crippen molar-refractivity contribution in [3.05, 3.63) is 35.4 Å². The molecule has 0 spiro atoms. The zero-order chi connectivity index (χ0) is 11.3. The Labute approximate surface area is 90.4 Å². The number of ether oxygens (including phenoxy) is 1. The molecule has 0 bridgehead atoms. The summed E-state index contributed by atoms with van der Waals surface area (Å²) >= 11 is 0. The summed E-state index contributed by atoms with van der Waals surface area (Å²) in [5, 5.41) is 2.86. The molecule has 0 radical (unpaired) electrons. The summed E-state index contributed by atoms with van der Waals surface area (Å²) in [5.41, 5.74) is 1.78. The van der Waals surface area contributed by atoms with E-state index in [2.05, 4.69) is 5.32 Å². The van der Waals surface area contributed by atoms with Crippen LogP contribution in [-0.4, -0.2) is 25.7 Å². The molecule has 1 aromatic rings. The van der Waals surface area contributed by atoms with Crippen molar-refractivity contribution in [1.29, 1.82) is 0 Å². The lowest BCUT2D eigenvalue weighted by molar-refractivity contribution is 0.0905. The fourth-order valence-electron chi connectivity index (χ4n) is 1.39. The molecule has 0 aliphatic heterocycles. The molecule has 1 atom stereocenters. The minimum absolute atomic E-state index is 0.0306. The molecule has 0 saturated heterocycles. The average molecular weight is 207 g/mol. The van der Waals surface area contributed by atoms with Gasteiger partial charge in [-0.1, -0.05) is 17.7 Å². The Balaban J connectivity index is 2.61. The third kappa shape index (κ3) is 3.72. The van der Waals surface area contributed by atoms with Crippen LogP contribution in [0.1, 0.15) is 22.8 Å². The van der Waals surface area contributed by atoms with Crippen molar-refractivity contribution in [3.8, 4) is 0 Å².